The monoisotopic (exact) mass is 337 g/mol. The van der Waals surface area contributed by atoms with Crippen molar-refractivity contribution in [1.82, 2.24) is 9.97 Å². The van der Waals surface area contributed by atoms with E-state index in [1.54, 1.807) is 12.1 Å². The van der Waals surface area contributed by atoms with Gasteiger partial charge in [0.15, 0.2) is 0 Å². The molecule has 1 aliphatic heterocycles. The second-order valence-electron chi connectivity index (χ2n) is 6.32. The van der Waals surface area contributed by atoms with Gasteiger partial charge in [-0.1, -0.05) is 13.3 Å². The average molecular weight is 337 g/mol. The minimum atomic E-state index is 0.191. The summed E-state index contributed by atoms with van der Waals surface area (Å²) in [5.74, 6) is 1.42. The Morgan fingerprint density at radius 1 is 1.36 bits per heavy atom. The second kappa shape index (κ2) is 7.36. The van der Waals surface area contributed by atoms with Crippen molar-refractivity contribution >= 4 is 23.1 Å². The first-order valence-corrected chi connectivity index (χ1v) is 8.54. The number of benzene rings is 1. The third-order valence-corrected chi connectivity index (χ3v) is 4.25. The molecular formula is C18H23N7. The van der Waals surface area contributed by atoms with Gasteiger partial charge in [0.2, 0.25) is 5.95 Å². The van der Waals surface area contributed by atoms with Crippen LogP contribution in [0, 0.1) is 11.3 Å². The van der Waals surface area contributed by atoms with Crippen LogP contribution in [-0.2, 0) is 6.42 Å². The van der Waals surface area contributed by atoms with Crippen LogP contribution in [0.25, 0.3) is 0 Å². The fraction of sp³-hybridized carbons (Fsp3) is 0.389. The first-order valence-electron chi connectivity index (χ1n) is 8.54. The van der Waals surface area contributed by atoms with Gasteiger partial charge in [-0.05, 0) is 31.0 Å². The van der Waals surface area contributed by atoms with Gasteiger partial charge in [-0.15, -0.1) is 0 Å². The molecule has 2 aromatic rings. The van der Waals surface area contributed by atoms with Crippen LogP contribution >= 0.6 is 0 Å². The zero-order chi connectivity index (χ0) is 17.8. The molecule has 1 aliphatic rings. The number of anilines is 4. The summed E-state index contributed by atoms with van der Waals surface area (Å²) in [5.41, 5.74) is 14.4. The van der Waals surface area contributed by atoms with E-state index in [1.807, 2.05) is 12.1 Å². The maximum absolute atomic E-state index is 9.13. The van der Waals surface area contributed by atoms with E-state index >= 15 is 0 Å². The third kappa shape index (κ3) is 3.98. The summed E-state index contributed by atoms with van der Waals surface area (Å²) in [4.78, 5) is 11.4. The molecule has 7 nitrogen and oxygen atoms in total. The molecule has 0 bridgehead atoms. The Morgan fingerprint density at radius 3 is 2.88 bits per heavy atom. The Bertz CT molecular complexity index is 796. The topological polar surface area (TPSA) is 117 Å². The molecule has 25 heavy (non-hydrogen) atoms. The number of aryl methyl sites for hydroxylation is 1. The molecule has 0 radical (unpaired) electrons. The zero-order valence-electron chi connectivity index (χ0n) is 14.4. The molecule has 130 valence electrons. The van der Waals surface area contributed by atoms with Gasteiger partial charge >= 0.3 is 0 Å². The summed E-state index contributed by atoms with van der Waals surface area (Å²) < 4.78 is 0. The van der Waals surface area contributed by atoms with Crippen molar-refractivity contribution in [3.8, 4) is 6.07 Å². The number of hydrogen-bond donors (Lipinski definition) is 3. The molecule has 0 aliphatic carbocycles. The molecule has 1 atom stereocenters. The first kappa shape index (κ1) is 17.0. The van der Waals surface area contributed by atoms with Crippen molar-refractivity contribution in [2.24, 2.45) is 5.73 Å². The van der Waals surface area contributed by atoms with Crippen molar-refractivity contribution in [1.29, 1.82) is 5.26 Å². The molecule has 0 unspecified atom stereocenters. The van der Waals surface area contributed by atoms with E-state index in [-0.39, 0.29) is 6.04 Å². The lowest BCUT2D eigenvalue weighted by atomic mass is 10.2. The highest BCUT2D eigenvalue weighted by molar-refractivity contribution is 5.65. The number of nitrogen functional groups attached to an aromatic ring is 1. The van der Waals surface area contributed by atoms with Crippen LogP contribution in [0.15, 0.2) is 24.3 Å². The molecule has 1 fully saturated rings. The van der Waals surface area contributed by atoms with Crippen molar-refractivity contribution in [2.75, 3.05) is 29.0 Å². The lowest BCUT2D eigenvalue weighted by Gasteiger charge is -2.19. The summed E-state index contributed by atoms with van der Waals surface area (Å²) in [5, 5.41) is 12.3. The summed E-state index contributed by atoms with van der Waals surface area (Å²) in [6, 6.07) is 9.54. The minimum absolute atomic E-state index is 0.191. The molecule has 0 spiro atoms. The standard InChI is InChI=1S/C18H23N7/c1-2-3-14-9-17(25-7-6-13(20)11-25)24-18(22-14)23-15-4-5-16(21)12(8-15)10-19/h4-5,8-9,13H,2-3,6-7,11,20-21H2,1H3,(H,22,23,24)/t13-/m0/s1. The largest absolute Gasteiger partial charge is 0.398 e. The highest BCUT2D eigenvalue weighted by Gasteiger charge is 2.21. The molecule has 7 heteroatoms. The van der Waals surface area contributed by atoms with E-state index in [4.69, 9.17) is 16.7 Å². The normalized spacial score (nSPS) is 16.7. The number of nitrogens with one attached hydrogen (secondary N) is 1. The minimum Gasteiger partial charge on any atom is -0.398 e. The second-order valence-corrected chi connectivity index (χ2v) is 6.32. The van der Waals surface area contributed by atoms with Gasteiger partial charge in [0.25, 0.3) is 0 Å². The van der Waals surface area contributed by atoms with Gasteiger partial charge in [-0.2, -0.15) is 10.2 Å². The Balaban J connectivity index is 1.89. The van der Waals surface area contributed by atoms with Gasteiger partial charge in [0.05, 0.1) is 5.56 Å². The van der Waals surface area contributed by atoms with Crippen LogP contribution in [0.1, 0.15) is 31.0 Å². The summed E-state index contributed by atoms with van der Waals surface area (Å²) in [7, 11) is 0. The van der Waals surface area contributed by atoms with Crippen LogP contribution in [0.5, 0.6) is 0 Å². The van der Waals surface area contributed by atoms with E-state index in [9.17, 15) is 0 Å². The molecule has 1 aromatic carbocycles. The Hall–Kier alpha value is -2.85. The lowest BCUT2D eigenvalue weighted by Crippen LogP contribution is -2.27. The number of nitriles is 1. The highest BCUT2D eigenvalue weighted by Crippen LogP contribution is 2.24. The third-order valence-electron chi connectivity index (χ3n) is 4.25. The maximum Gasteiger partial charge on any atom is 0.229 e. The number of rotatable bonds is 5. The summed E-state index contributed by atoms with van der Waals surface area (Å²) >= 11 is 0. The van der Waals surface area contributed by atoms with Gasteiger partial charge in [-0.3, -0.25) is 0 Å². The Kier molecular flexibility index (Phi) is 5.00. The van der Waals surface area contributed by atoms with Crippen molar-refractivity contribution in [3.63, 3.8) is 0 Å². The Morgan fingerprint density at radius 2 is 2.20 bits per heavy atom. The van der Waals surface area contributed by atoms with E-state index in [0.29, 0.717) is 17.2 Å². The Labute approximate surface area is 147 Å². The first-order chi connectivity index (χ1) is 12.1. The zero-order valence-corrected chi connectivity index (χ0v) is 14.4. The molecule has 0 amide bonds. The molecule has 3 rings (SSSR count). The quantitative estimate of drug-likeness (QED) is 0.716. The lowest BCUT2D eigenvalue weighted by molar-refractivity contribution is 0.751. The predicted octanol–water partition coefficient (Wildman–Crippen LogP) is 2.16. The number of hydrogen-bond acceptors (Lipinski definition) is 7. The average Bonchev–Trinajstić information content (AvgIpc) is 3.03. The summed E-state index contributed by atoms with van der Waals surface area (Å²) in [6.45, 7) is 3.84. The van der Waals surface area contributed by atoms with Gasteiger partial charge in [0, 0.05) is 42.3 Å². The number of nitrogens with zero attached hydrogens (tertiary/aromatic N) is 4. The van der Waals surface area contributed by atoms with Crippen LogP contribution in [0.3, 0.4) is 0 Å². The fourth-order valence-electron chi connectivity index (χ4n) is 2.94. The molecule has 0 saturated carbocycles. The van der Waals surface area contributed by atoms with Gasteiger partial charge in [0.1, 0.15) is 11.9 Å². The number of nitrogens with two attached hydrogens (primary N) is 2. The summed E-state index contributed by atoms with van der Waals surface area (Å²) in [6.07, 6.45) is 2.87. The van der Waals surface area contributed by atoms with Crippen LogP contribution in [0.2, 0.25) is 0 Å². The van der Waals surface area contributed by atoms with E-state index in [2.05, 4.69) is 33.2 Å². The van der Waals surface area contributed by atoms with Crippen molar-refractivity contribution < 1.29 is 0 Å². The van der Waals surface area contributed by atoms with E-state index in [1.165, 1.54) is 0 Å². The van der Waals surface area contributed by atoms with Crippen LogP contribution in [-0.4, -0.2) is 29.1 Å². The molecule has 2 heterocycles. The molecular weight excluding hydrogens is 314 g/mol. The smallest absolute Gasteiger partial charge is 0.229 e. The SMILES string of the molecule is CCCc1cc(N2CC[C@H](N)C2)nc(Nc2ccc(N)c(C#N)c2)n1. The van der Waals surface area contributed by atoms with Gasteiger partial charge in [-0.25, -0.2) is 4.98 Å². The van der Waals surface area contributed by atoms with Crippen LogP contribution in [0.4, 0.5) is 23.1 Å². The van der Waals surface area contributed by atoms with Crippen molar-refractivity contribution in [3.05, 3.63) is 35.5 Å². The molecule has 5 N–H and O–H groups in total. The van der Waals surface area contributed by atoms with Crippen LogP contribution < -0.4 is 21.7 Å². The predicted molar refractivity (Wildman–Crippen MR) is 99.7 cm³/mol. The molecule has 1 saturated heterocycles. The van der Waals surface area contributed by atoms with E-state index in [0.717, 1.165) is 49.6 Å². The maximum atomic E-state index is 9.13. The van der Waals surface area contributed by atoms with Gasteiger partial charge < -0.3 is 21.7 Å². The van der Waals surface area contributed by atoms with Crippen molar-refractivity contribution in [2.45, 2.75) is 32.2 Å². The number of aromatic nitrogens is 2. The highest BCUT2D eigenvalue weighted by atomic mass is 15.2. The molecule has 1 aromatic heterocycles. The fourth-order valence-corrected chi connectivity index (χ4v) is 2.94. The van der Waals surface area contributed by atoms with E-state index < -0.39 is 0 Å².